The second kappa shape index (κ2) is 12.9. The first-order valence-electron chi connectivity index (χ1n) is 18.1. The Balaban J connectivity index is 1.33. The van der Waals surface area contributed by atoms with E-state index in [-0.39, 0.29) is 0 Å². The number of fused-ring (bicyclic) bond motifs is 5. The Kier molecular flexibility index (Phi) is 7.47. The molecule has 0 aliphatic carbocycles. The molecule has 0 bridgehead atoms. The number of hydrogen-bond acceptors (Lipinski definition) is 2. The maximum Gasteiger partial charge on any atom is 0.0640 e. The molecular weight excluding hydrogens is 643 g/mol. The van der Waals surface area contributed by atoms with E-state index in [9.17, 15) is 0 Å². The van der Waals surface area contributed by atoms with Crippen LogP contribution in [0.1, 0.15) is 0 Å². The summed E-state index contributed by atoms with van der Waals surface area (Å²) in [6, 6.07) is 76.4. The van der Waals surface area contributed by atoms with Crippen LogP contribution in [0, 0.1) is 0 Å². The second-order valence-corrected chi connectivity index (χ2v) is 13.4. The summed E-state index contributed by atoms with van der Waals surface area (Å²) in [6.45, 7) is 0. The topological polar surface area (TPSA) is 11.4 Å². The molecule has 0 amide bonds. The van der Waals surface area contributed by atoms with Crippen molar-refractivity contribution >= 4 is 77.5 Å². The summed E-state index contributed by atoms with van der Waals surface area (Å²) in [7, 11) is 0. The lowest BCUT2D eigenvalue weighted by atomic mass is 10.0. The van der Waals surface area contributed by atoms with Crippen LogP contribution in [0.25, 0.3) is 49.0 Å². The van der Waals surface area contributed by atoms with Gasteiger partial charge in [-0.1, -0.05) is 140 Å². The SMILES string of the molecule is c1ccc(N(c2ccccc2)c2cc(-n3c4ccccc4c4c(N(c5ccccc5)c5ccccc5)c5ccccc5cc43)cc3ccccc23)cc1. The van der Waals surface area contributed by atoms with Crippen LogP contribution in [-0.2, 0) is 0 Å². The molecule has 0 radical (unpaired) electrons. The fourth-order valence-electron chi connectivity index (χ4n) is 8.01. The highest BCUT2D eigenvalue weighted by atomic mass is 15.2. The zero-order valence-corrected chi connectivity index (χ0v) is 29.0. The van der Waals surface area contributed by atoms with Gasteiger partial charge in [-0.2, -0.15) is 0 Å². The number of rotatable bonds is 7. The lowest BCUT2D eigenvalue weighted by Gasteiger charge is -2.28. The molecule has 0 N–H and O–H groups in total. The zero-order chi connectivity index (χ0) is 35.1. The predicted molar refractivity (Wildman–Crippen MR) is 225 cm³/mol. The number of hydrogen-bond donors (Lipinski definition) is 0. The molecule has 0 aliphatic rings. The second-order valence-electron chi connectivity index (χ2n) is 13.4. The van der Waals surface area contributed by atoms with Crippen LogP contribution in [0.3, 0.4) is 0 Å². The first-order valence-corrected chi connectivity index (χ1v) is 18.1. The summed E-state index contributed by atoms with van der Waals surface area (Å²) in [5.41, 5.74) is 10.2. The quantitative estimate of drug-likeness (QED) is 0.166. The van der Waals surface area contributed by atoms with Crippen molar-refractivity contribution < 1.29 is 0 Å². The smallest absolute Gasteiger partial charge is 0.0640 e. The molecule has 0 atom stereocenters. The Morgan fingerprint density at radius 3 is 1.32 bits per heavy atom. The van der Waals surface area contributed by atoms with Crippen molar-refractivity contribution in [3.05, 3.63) is 212 Å². The summed E-state index contributed by atoms with van der Waals surface area (Å²) >= 11 is 0. The van der Waals surface area contributed by atoms with Crippen LogP contribution in [0.2, 0.25) is 0 Å². The van der Waals surface area contributed by atoms with Gasteiger partial charge in [0.25, 0.3) is 0 Å². The Labute approximate surface area is 308 Å². The van der Waals surface area contributed by atoms with Gasteiger partial charge < -0.3 is 14.4 Å². The molecule has 10 aromatic rings. The number of para-hydroxylation sites is 5. The summed E-state index contributed by atoms with van der Waals surface area (Å²) in [5, 5.41) is 7.18. The molecule has 0 unspecified atom stereocenters. The van der Waals surface area contributed by atoms with Crippen LogP contribution >= 0.6 is 0 Å². The fourth-order valence-corrected chi connectivity index (χ4v) is 8.01. The lowest BCUT2D eigenvalue weighted by Crippen LogP contribution is -2.11. The van der Waals surface area contributed by atoms with Gasteiger partial charge in [0.15, 0.2) is 0 Å². The van der Waals surface area contributed by atoms with Crippen LogP contribution in [0.15, 0.2) is 212 Å². The van der Waals surface area contributed by atoms with Crippen LogP contribution in [0.4, 0.5) is 34.1 Å². The standard InChI is InChI=1S/C50H35N3/c1-5-21-38(22-6-1)51(39-23-7-2-8-24-39)47-35-42(33-36-19-13-15-29-43(36)47)53-46-32-18-17-31-45(46)49-48(53)34-37-20-14-16-30-44(37)50(49)52(40-25-9-3-10-26-40)41-27-11-4-12-28-41/h1-35H. The molecule has 53 heavy (non-hydrogen) atoms. The first-order chi connectivity index (χ1) is 26.3. The third-order valence-electron chi connectivity index (χ3n) is 10.3. The maximum atomic E-state index is 2.47. The molecule has 250 valence electrons. The summed E-state index contributed by atoms with van der Waals surface area (Å²) in [4.78, 5) is 4.81. The normalized spacial score (nSPS) is 11.4. The minimum atomic E-state index is 1.11. The molecule has 3 heteroatoms. The maximum absolute atomic E-state index is 2.47. The third-order valence-corrected chi connectivity index (χ3v) is 10.3. The van der Waals surface area contributed by atoms with E-state index in [0.29, 0.717) is 0 Å². The lowest BCUT2D eigenvalue weighted by molar-refractivity contribution is 1.18. The molecule has 1 heterocycles. The van der Waals surface area contributed by atoms with Gasteiger partial charge in [-0.05, 0) is 83.6 Å². The van der Waals surface area contributed by atoms with Gasteiger partial charge in [-0.3, -0.25) is 0 Å². The van der Waals surface area contributed by atoms with Crippen LogP contribution in [0.5, 0.6) is 0 Å². The van der Waals surface area contributed by atoms with E-state index in [1.54, 1.807) is 0 Å². The van der Waals surface area contributed by atoms with Crippen molar-refractivity contribution in [2.45, 2.75) is 0 Å². The molecule has 0 fully saturated rings. The zero-order valence-electron chi connectivity index (χ0n) is 29.0. The highest BCUT2D eigenvalue weighted by molar-refractivity contribution is 6.24. The third kappa shape index (κ3) is 5.21. The highest BCUT2D eigenvalue weighted by Gasteiger charge is 2.25. The van der Waals surface area contributed by atoms with E-state index in [1.807, 2.05) is 0 Å². The van der Waals surface area contributed by atoms with E-state index in [1.165, 1.54) is 38.0 Å². The molecule has 10 rings (SSSR count). The van der Waals surface area contributed by atoms with Gasteiger partial charge in [0.1, 0.15) is 0 Å². The van der Waals surface area contributed by atoms with Crippen molar-refractivity contribution in [2.75, 3.05) is 9.80 Å². The van der Waals surface area contributed by atoms with Crippen LogP contribution in [-0.4, -0.2) is 4.57 Å². The van der Waals surface area contributed by atoms with Gasteiger partial charge in [0.2, 0.25) is 0 Å². The molecule has 3 nitrogen and oxygen atoms in total. The first kappa shape index (κ1) is 30.7. The summed E-state index contributed by atoms with van der Waals surface area (Å²) in [5.74, 6) is 0. The largest absolute Gasteiger partial charge is 0.310 e. The van der Waals surface area contributed by atoms with Gasteiger partial charge >= 0.3 is 0 Å². The minimum absolute atomic E-state index is 1.11. The van der Waals surface area contributed by atoms with Crippen molar-refractivity contribution in [1.82, 2.24) is 4.57 Å². The van der Waals surface area contributed by atoms with Gasteiger partial charge in [0.05, 0.1) is 22.4 Å². The fraction of sp³-hybridized carbons (Fsp3) is 0. The average Bonchev–Trinajstić information content (AvgIpc) is 3.56. The molecule has 1 aromatic heterocycles. The Bertz CT molecular complexity index is 2800. The Hall–Kier alpha value is -7.10. The summed E-state index contributed by atoms with van der Waals surface area (Å²) < 4.78 is 2.47. The molecular formula is C50H35N3. The van der Waals surface area contributed by atoms with Gasteiger partial charge in [0, 0.05) is 50.0 Å². The minimum Gasteiger partial charge on any atom is -0.310 e. The number of nitrogens with zero attached hydrogens (tertiary/aromatic N) is 3. The number of benzene rings is 9. The molecule has 0 aliphatic heterocycles. The summed E-state index contributed by atoms with van der Waals surface area (Å²) in [6.07, 6.45) is 0. The van der Waals surface area contributed by atoms with E-state index < -0.39 is 0 Å². The molecule has 0 spiro atoms. The Morgan fingerprint density at radius 2 is 0.755 bits per heavy atom. The Morgan fingerprint density at radius 1 is 0.321 bits per heavy atom. The van der Waals surface area contributed by atoms with Crippen LogP contribution < -0.4 is 9.80 Å². The van der Waals surface area contributed by atoms with Gasteiger partial charge in [-0.25, -0.2) is 0 Å². The van der Waals surface area contributed by atoms with Crippen molar-refractivity contribution in [2.24, 2.45) is 0 Å². The van der Waals surface area contributed by atoms with Crippen molar-refractivity contribution in [3.63, 3.8) is 0 Å². The van der Waals surface area contributed by atoms with E-state index >= 15 is 0 Å². The van der Waals surface area contributed by atoms with Gasteiger partial charge in [-0.15, -0.1) is 0 Å². The number of anilines is 6. The molecule has 9 aromatic carbocycles. The van der Waals surface area contributed by atoms with E-state index in [4.69, 9.17) is 0 Å². The highest BCUT2D eigenvalue weighted by Crippen LogP contribution is 2.48. The van der Waals surface area contributed by atoms with E-state index in [2.05, 4.69) is 227 Å². The van der Waals surface area contributed by atoms with Crippen molar-refractivity contribution in [1.29, 1.82) is 0 Å². The monoisotopic (exact) mass is 677 g/mol. The molecule has 0 saturated carbocycles. The molecule has 0 saturated heterocycles. The average molecular weight is 678 g/mol. The van der Waals surface area contributed by atoms with E-state index in [0.717, 1.165) is 45.2 Å². The van der Waals surface area contributed by atoms with Crippen molar-refractivity contribution in [3.8, 4) is 5.69 Å². The predicted octanol–water partition coefficient (Wildman–Crippen LogP) is 14.0. The number of aromatic nitrogens is 1.